The van der Waals surface area contributed by atoms with E-state index in [1.165, 1.54) is 4.57 Å². The van der Waals surface area contributed by atoms with Crippen LogP contribution in [0.5, 0.6) is 0 Å². The summed E-state index contributed by atoms with van der Waals surface area (Å²) in [6.45, 7) is 7.86. The molecule has 0 amide bonds. The number of nitrogens with zero attached hydrogens (tertiary/aromatic N) is 2. The van der Waals surface area contributed by atoms with Crippen molar-refractivity contribution in [3.63, 3.8) is 0 Å². The zero-order valence-corrected chi connectivity index (χ0v) is 14.7. The van der Waals surface area contributed by atoms with Crippen LogP contribution in [0, 0.1) is 0 Å². The van der Waals surface area contributed by atoms with Crippen LogP contribution in [0.15, 0.2) is 41.5 Å². The summed E-state index contributed by atoms with van der Waals surface area (Å²) in [4.78, 5) is 17.0. The van der Waals surface area contributed by atoms with Gasteiger partial charge >= 0.3 is 7.12 Å². The van der Waals surface area contributed by atoms with Crippen LogP contribution >= 0.6 is 0 Å². The Morgan fingerprint density at radius 3 is 2.38 bits per heavy atom. The van der Waals surface area contributed by atoms with E-state index in [2.05, 4.69) is 10.3 Å². The summed E-state index contributed by atoms with van der Waals surface area (Å²) in [6.07, 6.45) is 3.40. The first-order valence-electron chi connectivity index (χ1n) is 7.94. The molecule has 24 heavy (non-hydrogen) atoms. The number of rotatable bonds is 3. The van der Waals surface area contributed by atoms with Crippen molar-refractivity contribution in [2.75, 3.05) is 5.32 Å². The smallest absolute Gasteiger partial charge is 0.399 e. The highest BCUT2D eigenvalue weighted by Gasteiger charge is 2.53. The number of aromatic nitrogens is 2. The Balaban J connectivity index is 2.04. The van der Waals surface area contributed by atoms with Gasteiger partial charge in [-0.05, 0) is 45.9 Å². The van der Waals surface area contributed by atoms with Crippen LogP contribution in [0.25, 0.3) is 0 Å². The molecule has 3 rings (SSSR count). The molecular formula is C17H22BN3O3. The molecule has 7 heteroatoms. The van der Waals surface area contributed by atoms with Crippen molar-refractivity contribution in [2.45, 2.75) is 38.9 Å². The second kappa shape index (κ2) is 5.75. The van der Waals surface area contributed by atoms with Crippen molar-refractivity contribution in [1.29, 1.82) is 0 Å². The average Bonchev–Trinajstić information content (AvgIpc) is 2.72. The van der Waals surface area contributed by atoms with Crippen molar-refractivity contribution in [1.82, 2.24) is 9.55 Å². The van der Waals surface area contributed by atoms with Crippen LogP contribution in [0.4, 0.5) is 11.5 Å². The molecular weight excluding hydrogens is 305 g/mol. The molecule has 3 heterocycles. The Hall–Kier alpha value is -2.12. The molecule has 1 aliphatic heterocycles. The largest absolute Gasteiger partial charge is 0.502 e. The maximum Gasteiger partial charge on any atom is 0.502 e. The molecule has 0 bridgehead atoms. The zero-order valence-electron chi connectivity index (χ0n) is 14.7. The Kier molecular flexibility index (Phi) is 4.01. The highest BCUT2D eigenvalue weighted by atomic mass is 16.7. The maximum atomic E-state index is 12.7. The Bertz CT molecular complexity index is 786. The van der Waals surface area contributed by atoms with Gasteiger partial charge in [0.25, 0.3) is 5.56 Å². The lowest BCUT2D eigenvalue weighted by Gasteiger charge is -2.32. The van der Waals surface area contributed by atoms with Crippen LogP contribution in [-0.4, -0.2) is 27.9 Å². The van der Waals surface area contributed by atoms with Gasteiger partial charge in [-0.2, -0.15) is 0 Å². The van der Waals surface area contributed by atoms with E-state index >= 15 is 0 Å². The molecule has 0 radical (unpaired) electrons. The maximum absolute atomic E-state index is 12.7. The Morgan fingerprint density at radius 2 is 1.79 bits per heavy atom. The highest BCUT2D eigenvalue weighted by molar-refractivity contribution is 6.63. The van der Waals surface area contributed by atoms with Gasteiger partial charge in [0, 0.05) is 25.1 Å². The molecule has 2 aromatic heterocycles. The van der Waals surface area contributed by atoms with E-state index < -0.39 is 18.3 Å². The minimum Gasteiger partial charge on any atom is -0.399 e. The molecule has 1 aliphatic rings. The van der Waals surface area contributed by atoms with Crippen LogP contribution < -0.4 is 16.3 Å². The van der Waals surface area contributed by atoms with E-state index in [0.29, 0.717) is 17.0 Å². The Labute approximate surface area is 142 Å². The fourth-order valence-corrected chi connectivity index (χ4v) is 2.52. The van der Waals surface area contributed by atoms with Gasteiger partial charge in [-0.1, -0.05) is 6.07 Å². The molecule has 2 aromatic rings. The fraction of sp³-hybridized carbons (Fsp3) is 0.412. The van der Waals surface area contributed by atoms with E-state index in [9.17, 15) is 4.79 Å². The van der Waals surface area contributed by atoms with Gasteiger partial charge in [-0.25, -0.2) is 4.98 Å². The van der Waals surface area contributed by atoms with Crippen molar-refractivity contribution in [3.05, 3.63) is 47.0 Å². The van der Waals surface area contributed by atoms with Gasteiger partial charge < -0.3 is 19.2 Å². The third-order valence-electron chi connectivity index (χ3n) is 4.72. The van der Waals surface area contributed by atoms with E-state index in [4.69, 9.17) is 9.31 Å². The first-order chi connectivity index (χ1) is 11.2. The van der Waals surface area contributed by atoms with Crippen LogP contribution in [0.2, 0.25) is 0 Å². The van der Waals surface area contributed by atoms with E-state index in [1.807, 2.05) is 52.0 Å². The lowest BCUT2D eigenvalue weighted by atomic mass is 9.78. The minimum atomic E-state index is -0.735. The number of hydrogen-bond donors (Lipinski definition) is 1. The number of anilines is 2. The van der Waals surface area contributed by atoms with Gasteiger partial charge in [0.2, 0.25) is 0 Å². The standard InChI is InChI=1S/C17H22BN3O3/c1-16(2)17(3,4)24-18(23-16)14-12(9-11-21(5)15(14)22)20-13-8-6-7-10-19-13/h6-11H,1-5H3,(H,19,20). The molecule has 0 atom stereocenters. The number of hydrogen-bond acceptors (Lipinski definition) is 5. The molecule has 0 unspecified atom stereocenters. The zero-order chi connectivity index (χ0) is 17.5. The molecule has 126 valence electrons. The van der Waals surface area contributed by atoms with Crippen molar-refractivity contribution in [3.8, 4) is 0 Å². The Morgan fingerprint density at radius 1 is 1.12 bits per heavy atom. The summed E-state index contributed by atoms with van der Waals surface area (Å²) < 4.78 is 13.7. The summed E-state index contributed by atoms with van der Waals surface area (Å²) in [5, 5.41) is 3.19. The fourth-order valence-electron chi connectivity index (χ4n) is 2.52. The summed E-state index contributed by atoms with van der Waals surface area (Å²) in [5.74, 6) is 0.656. The van der Waals surface area contributed by atoms with E-state index in [-0.39, 0.29) is 5.56 Å². The third kappa shape index (κ3) is 2.85. The predicted octanol–water partition coefficient (Wildman–Crippen LogP) is 1.82. The number of aryl methyl sites for hydroxylation is 1. The first kappa shape index (κ1) is 16.7. The van der Waals surface area contributed by atoms with Gasteiger partial charge in [0.05, 0.1) is 16.7 Å². The van der Waals surface area contributed by atoms with E-state index in [1.54, 1.807) is 19.4 Å². The topological polar surface area (TPSA) is 65.4 Å². The minimum absolute atomic E-state index is 0.158. The number of nitrogens with one attached hydrogen (secondary N) is 1. The predicted molar refractivity (Wildman–Crippen MR) is 94.9 cm³/mol. The van der Waals surface area contributed by atoms with Crippen LogP contribution in [-0.2, 0) is 16.4 Å². The van der Waals surface area contributed by atoms with Crippen LogP contribution in [0.1, 0.15) is 27.7 Å². The lowest BCUT2D eigenvalue weighted by Crippen LogP contribution is -2.48. The SMILES string of the molecule is Cn1ccc(Nc2ccccn2)c(B2OC(C)(C)C(C)(C)O2)c1=O. The molecule has 1 saturated heterocycles. The van der Waals surface area contributed by atoms with Gasteiger partial charge in [0.15, 0.2) is 0 Å². The average molecular weight is 327 g/mol. The van der Waals surface area contributed by atoms with Gasteiger partial charge in [-0.15, -0.1) is 0 Å². The molecule has 0 aromatic carbocycles. The summed E-state index contributed by atoms with van der Waals surface area (Å²) in [6, 6.07) is 7.39. The normalized spacial score (nSPS) is 18.6. The molecule has 6 nitrogen and oxygen atoms in total. The second-order valence-electron chi connectivity index (χ2n) is 6.99. The second-order valence-corrected chi connectivity index (χ2v) is 6.99. The van der Waals surface area contributed by atoms with Crippen molar-refractivity contribution < 1.29 is 9.31 Å². The monoisotopic (exact) mass is 327 g/mol. The van der Waals surface area contributed by atoms with Crippen molar-refractivity contribution >= 4 is 24.1 Å². The summed E-state index contributed by atoms with van der Waals surface area (Å²) in [7, 11) is 0.975. The summed E-state index contributed by atoms with van der Waals surface area (Å²) in [5.41, 5.74) is -0.101. The molecule has 0 spiro atoms. The first-order valence-corrected chi connectivity index (χ1v) is 7.94. The quantitative estimate of drug-likeness (QED) is 0.871. The van der Waals surface area contributed by atoms with Crippen LogP contribution in [0.3, 0.4) is 0 Å². The molecule has 0 saturated carbocycles. The van der Waals surface area contributed by atoms with Crippen molar-refractivity contribution in [2.24, 2.45) is 7.05 Å². The van der Waals surface area contributed by atoms with Gasteiger partial charge in [0.1, 0.15) is 5.82 Å². The van der Waals surface area contributed by atoms with Gasteiger partial charge in [-0.3, -0.25) is 4.79 Å². The highest BCUT2D eigenvalue weighted by Crippen LogP contribution is 2.36. The van der Waals surface area contributed by atoms with E-state index in [0.717, 1.165) is 0 Å². The summed E-state index contributed by atoms with van der Waals surface area (Å²) >= 11 is 0. The lowest BCUT2D eigenvalue weighted by molar-refractivity contribution is 0.00578. The number of pyridine rings is 2. The molecule has 1 N–H and O–H groups in total. The molecule has 1 fully saturated rings. The third-order valence-corrected chi connectivity index (χ3v) is 4.72. The molecule has 0 aliphatic carbocycles.